The van der Waals surface area contributed by atoms with Crippen molar-refractivity contribution in [1.82, 2.24) is 19.9 Å². The summed E-state index contributed by atoms with van der Waals surface area (Å²) in [6.45, 7) is 1.95. The van der Waals surface area contributed by atoms with E-state index in [-0.39, 0.29) is 12.0 Å². The summed E-state index contributed by atoms with van der Waals surface area (Å²) in [5.74, 6) is 0.00142. The standard InChI is InChI=1S/C27H28N4O3/c32-27(33)30-14-13-24(25-17-31(29-28-25)15-12-20-6-2-1-3-7-20)26(18-30)34-19-21-10-11-22-8-4-5-9-23(22)16-21/h1-11,16-17,24,26H,12-15,18-19H2,(H,32,33)/t24-,26+/m1/s1. The quantitative estimate of drug-likeness (QED) is 0.435. The molecule has 1 aliphatic heterocycles. The molecule has 0 bridgehead atoms. The van der Waals surface area contributed by atoms with Gasteiger partial charge in [0.25, 0.3) is 0 Å². The maximum atomic E-state index is 11.6. The van der Waals surface area contributed by atoms with Crippen molar-refractivity contribution >= 4 is 16.9 Å². The van der Waals surface area contributed by atoms with E-state index in [1.165, 1.54) is 15.8 Å². The third-order valence-corrected chi connectivity index (χ3v) is 6.52. The van der Waals surface area contributed by atoms with E-state index in [1.807, 2.05) is 41.2 Å². The van der Waals surface area contributed by atoms with Crippen LogP contribution in [0, 0.1) is 0 Å². The average Bonchev–Trinajstić information content (AvgIpc) is 3.35. The molecular weight excluding hydrogens is 428 g/mol. The first-order chi connectivity index (χ1) is 16.7. The minimum absolute atomic E-state index is 0.00142. The van der Waals surface area contributed by atoms with Gasteiger partial charge in [0.1, 0.15) is 0 Å². The first-order valence-corrected chi connectivity index (χ1v) is 11.7. The van der Waals surface area contributed by atoms with Crippen LogP contribution in [0.4, 0.5) is 4.79 Å². The van der Waals surface area contributed by atoms with Crippen molar-refractivity contribution in [3.05, 3.63) is 95.8 Å². The van der Waals surface area contributed by atoms with E-state index in [0.717, 1.165) is 29.6 Å². The molecule has 0 saturated carbocycles. The Morgan fingerprint density at radius 2 is 1.79 bits per heavy atom. The monoisotopic (exact) mass is 456 g/mol. The topological polar surface area (TPSA) is 80.5 Å². The largest absolute Gasteiger partial charge is 0.465 e. The molecule has 1 aliphatic rings. The number of benzene rings is 3. The summed E-state index contributed by atoms with van der Waals surface area (Å²) in [7, 11) is 0. The van der Waals surface area contributed by atoms with Crippen molar-refractivity contribution in [2.45, 2.75) is 38.0 Å². The minimum Gasteiger partial charge on any atom is -0.465 e. The highest BCUT2D eigenvalue weighted by Crippen LogP contribution is 2.30. The Bertz CT molecular complexity index is 1260. The first kappa shape index (κ1) is 22.1. The van der Waals surface area contributed by atoms with Crippen LogP contribution in [0.15, 0.2) is 79.0 Å². The van der Waals surface area contributed by atoms with E-state index >= 15 is 0 Å². The first-order valence-electron chi connectivity index (χ1n) is 11.7. The third kappa shape index (κ3) is 5.10. The van der Waals surface area contributed by atoms with Crippen molar-refractivity contribution in [2.75, 3.05) is 13.1 Å². The van der Waals surface area contributed by atoms with Crippen molar-refractivity contribution in [3.8, 4) is 0 Å². The number of hydrogen-bond donors (Lipinski definition) is 1. The van der Waals surface area contributed by atoms with Gasteiger partial charge in [-0.05, 0) is 40.8 Å². The molecule has 5 rings (SSSR count). The molecule has 0 aliphatic carbocycles. The highest BCUT2D eigenvalue weighted by molar-refractivity contribution is 5.82. The molecule has 0 radical (unpaired) electrons. The lowest BCUT2D eigenvalue weighted by atomic mass is 9.91. The van der Waals surface area contributed by atoms with E-state index in [2.05, 4.69) is 52.8 Å². The smallest absolute Gasteiger partial charge is 0.407 e. The predicted octanol–water partition coefficient (Wildman–Crippen LogP) is 4.73. The second-order valence-corrected chi connectivity index (χ2v) is 8.80. The number of carbonyl (C=O) groups is 1. The van der Waals surface area contributed by atoms with Gasteiger partial charge in [0.05, 0.1) is 24.9 Å². The summed E-state index contributed by atoms with van der Waals surface area (Å²) in [6.07, 6.45) is 2.32. The van der Waals surface area contributed by atoms with Crippen LogP contribution in [0.5, 0.6) is 0 Å². The van der Waals surface area contributed by atoms with Gasteiger partial charge in [-0.15, -0.1) is 5.10 Å². The fourth-order valence-corrected chi connectivity index (χ4v) is 4.61. The number of likely N-dealkylation sites (tertiary alicyclic amines) is 1. The van der Waals surface area contributed by atoms with Crippen molar-refractivity contribution < 1.29 is 14.6 Å². The zero-order chi connectivity index (χ0) is 23.3. The Morgan fingerprint density at radius 1 is 1.00 bits per heavy atom. The van der Waals surface area contributed by atoms with Crippen LogP contribution in [0.25, 0.3) is 10.8 Å². The normalized spacial score (nSPS) is 18.3. The van der Waals surface area contributed by atoms with E-state index in [0.29, 0.717) is 26.1 Å². The van der Waals surface area contributed by atoms with Crippen LogP contribution in [-0.2, 0) is 24.3 Å². The van der Waals surface area contributed by atoms with Crippen molar-refractivity contribution in [1.29, 1.82) is 0 Å². The summed E-state index contributed by atoms with van der Waals surface area (Å²) in [4.78, 5) is 13.1. The predicted molar refractivity (Wildman–Crippen MR) is 130 cm³/mol. The number of aromatic nitrogens is 3. The van der Waals surface area contributed by atoms with Gasteiger partial charge in [-0.2, -0.15) is 0 Å². The average molecular weight is 457 g/mol. The van der Waals surface area contributed by atoms with Gasteiger partial charge in [0, 0.05) is 25.2 Å². The number of rotatable bonds is 7. The zero-order valence-corrected chi connectivity index (χ0v) is 19.0. The van der Waals surface area contributed by atoms with Crippen LogP contribution in [-0.4, -0.2) is 50.3 Å². The molecular formula is C27H28N4O3. The Labute approximate surface area is 198 Å². The van der Waals surface area contributed by atoms with Gasteiger partial charge >= 0.3 is 6.09 Å². The Balaban J connectivity index is 1.28. The van der Waals surface area contributed by atoms with Crippen LogP contribution >= 0.6 is 0 Å². The fourth-order valence-electron chi connectivity index (χ4n) is 4.61. The number of hydrogen-bond acceptors (Lipinski definition) is 4. The molecule has 34 heavy (non-hydrogen) atoms. The summed E-state index contributed by atoms with van der Waals surface area (Å²) in [5.41, 5.74) is 3.18. The van der Waals surface area contributed by atoms with Gasteiger partial charge in [0.2, 0.25) is 0 Å². The molecule has 1 N–H and O–H groups in total. The van der Waals surface area contributed by atoms with Crippen LogP contribution < -0.4 is 0 Å². The molecule has 1 aromatic heterocycles. The lowest BCUT2D eigenvalue weighted by Crippen LogP contribution is -2.46. The summed E-state index contributed by atoms with van der Waals surface area (Å²) >= 11 is 0. The number of aryl methyl sites for hydroxylation is 2. The maximum Gasteiger partial charge on any atom is 0.407 e. The number of nitrogens with zero attached hydrogens (tertiary/aromatic N) is 4. The zero-order valence-electron chi connectivity index (χ0n) is 19.0. The lowest BCUT2D eigenvalue weighted by molar-refractivity contribution is -0.0208. The Hall–Kier alpha value is -3.71. The summed E-state index contributed by atoms with van der Waals surface area (Å²) in [6, 6.07) is 24.8. The number of ether oxygens (including phenoxy) is 1. The molecule has 1 fully saturated rings. The second kappa shape index (κ2) is 10.1. The van der Waals surface area contributed by atoms with E-state index in [9.17, 15) is 9.90 Å². The summed E-state index contributed by atoms with van der Waals surface area (Å²) < 4.78 is 8.19. The number of amides is 1. The molecule has 7 heteroatoms. The molecule has 2 heterocycles. The van der Waals surface area contributed by atoms with Crippen molar-refractivity contribution in [3.63, 3.8) is 0 Å². The molecule has 1 saturated heterocycles. The molecule has 3 aromatic carbocycles. The van der Waals surface area contributed by atoms with Gasteiger partial charge in [0.15, 0.2) is 0 Å². The number of carboxylic acid groups (broad SMARTS) is 1. The fraction of sp³-hybridized carbons (Fsp3) is 0.296. The SMILES string of the molecule is O=C(O)N1CC[C@H](c2cn(CCc3ccccc3)nn2)[C@@H](OCc2ccc3ccccc3c2)C1. The summed E-state index contributed by atoms with van der Waals surface area (Å²) in [5, 5.41) is 20.7. The maximum absolute atomic E-state index is 11.6. The molecule has 7 nitrogen and oxygen atoms in total. The molecule has 174 valence electrons. The van der Waals surface area contributed by atoms with E-state index in [4.69, 9.17) is 4.74 Å². The molecule has 4 aromatic rings. The van der Waals surface area contributed by atoms with Gasteiger partial charge < -0.3 is 14.7 Å². The third-order valence-electron chi connectivity index (χ3n) is 6.52. The molecule has 0 spiro atoms. The highest BCUT2D eigenvalue weighted by atomic mass is 16.5. The number of piperidine rings is 1. The minimum atomic E-state index is -0.913. The van der Waals surface area contributed by atoms with Gasteiger partial charge in [-0.3, -0.25) is 4.68 Å². The van der Waals surface area contributed by atoms with Crippen LogP contribution in [0.1, 0.15) is 29.2 Å². The van der Waals surface area contributed by atoms with Crippen molar-refractivity contribution in [2.24, 2.45) is 0 Å². The van der Waals surface area contributed by atoms with Crippen LogP contribution in [0.2, 0.25) is 0 Å². The molecule has 1 amide bonds. The van der Waals surface area contributed by atoms with E-state index in [1.54, 1.807) is 0 Å². The second-order valence-electron chi connectivity index (χ2n) is 8.80. The highest BCUT2D eigenvalue weighted by Gasteiger charge is 2.35. The van der Waals surface area contributed by atoms with Gasteiger partial charge in [-0.25, -0.2) is 4.79 Å². The van der Waals surface area contributed by atoms with Crippen LogP contribution in [0.3, 0.4) is 0 Å². The van der Waals surface area contributed by atoms with Gasteiger partial charge in [-0.1, -0.05) is 71.9 Å². The van der Waals surface area contributed by atoms with E-state index < -0.39 is 6.09 Å². The Morgan fingerprint density at radius 3 is 2.62 bits per heavy atom. The lowest BCUT2D eigenvalue weighted by Gasteiger charge is -2.36. The Kier molecular flexibility index (Phi) is 6.53. The number of fused-ring (bicyclic) bond motifs is 1. The molecule has 0 unspecified atom stereocenters. The molecule has 2 atom stereocenters.